The van der Waals surface area contributed by atoms with Crippen LogP contribution in [0.3, 0.4) is 0 Å². The van der Waals surface area contributed by atoms with Gasteiger partial charge in [-0.2, -0.15) is 5.26 Å². The van der Waals surface area contributed by atoms with Crippen molar-refractivity contribution >= 4 is 5.91 Å². The minimum Gasteiger partial charge on any atom is -0.493 e. The number of piperidine rings is 1. The van der Waals surface area contributed by atoms with Crippen molar-refractivity contribution in [2.24, 2.45) is 5.92 Å². The summed E-state index contributed by atoms with van der Waals surface area (Å²) in [6, 6.07) is 8.22. The quantitative estimate of drug-likeness (QED) is 0.570. The maximum atomic E-state index is 11.3. The Bertz CT molecular complexity index is 689. The molecule has 1 aliphatic heterocycles. The summed E-state index contributed by atoms with van der Waals surface area (Å²) in [5.74, 6) is 1.57. The van der Waals surface area contributed by atoms with Crippen molar-refractivity contribution in [3.05, 3.63) is 23.8 Å². The van der Waals surface area contributed by atoms with Gasteiger partial charge in [0.05, 0.1) is 31.7 Å². The Hall–Kier alpha value is -2.30. The van der Waals surface area contributed by atoms with Crippen LogP contribution in [0.5, 0.6) is 11.5 Å². The standard InChI is InChI=1S/C19H25N3O4/c1-25-16-5-4-15(10-17(16)26-12-14-2-3-14)19(13-20)6-8-22(9-7-19)11-18(23)21-24/h4-5,10,14,24H,2-3,6-9,11-12H2,1H3,(H,21,23). The van der Waals surface area contributed by atoms with Crippen LogP contribution in [0.25, 0.3) is 0 Å². The smallest absolute Gasteiger partial charge is 0.257 e. The van der Waals surface area contributed by atoms with Crippen LogP contribution in [0.15, 0.2) is 18.2 Å². The van der Waals surface area contributed by atoms with Gasteiger partial charge in [0.1, 0.15) is 0 Å². The molecule has 0 atom stereocenters. The number of rotatable bonds is 7. The van der Waals surface area contributed by atoms with Crippen molar-refractivity contribution in [1.82, 2.24) is 10.4 Å². The van der Waals surface area contributed by atoms with Crippen molar-refractivity contribution in [3.8, 4) is 17.6 Å². The summed E-state index contributed by atoms with van der Waals surface area (Å²) in [5.41, 5.74) is 1.98. The molecular weight excluding hydrogens is 334 g/mol. The topological polar surface area (TPSA) is 94.8 Å². The van der Waals surface area contributed by atoms with Gasteiger partial charge in [-0.1, -0.05) is 6.07 Å². The molecule has 26 heavy (non-hydrogen) atoms. The van der Waals surface area contributed by atoms with Crippen LogP contribution in [0, 0.1) is 17.2 Å². The summed E-state index contributed by atoms with van der Waals surface area (Å²) in [7, 11) is 1.61. The second-order valence-electron chi connectivity index (χ2n) is 7.13. The molecular formula is C19H25N3O4. The highest BCUT2D eigenvalue weighted by molar-refractivity contribution is 5.76. The molecule has 1 saturated heterocycles. The second-order valence-corrected chi connectivity index (χ2v) is 7.13. The molecule has 0 aromatic heterocycles. The van der Waals surface area contributed by atoms with Crippen molar-refractivity contribution < 1.29 is 19.5 Å². The maximum absolute atomic E-state index is 11.3. The lowest BCUT2D eigenvalue weighted by Gasteiger charge is -2.37. The number of hydrogen-bond donors (Lipinski definition) is 2. The van der Waals surface area contributed by atoms with Gasteiger partial charge in [0.25, 0.3) is 5.91 Å². The summed E-state index contributed by atoms with van der Waals surface area (Å²) >= 11 is 0. The Morgan fingerprint density at radius 1 is 1.38 bits per heavy atom. The van der Waals surface area contributed by atoms with Crippen LogP contribution < -0.4 is 15.0 Å². The van der Waals surface area contributed by atoms with E-state index in [1.165, 1.54) is 12.8 Å². The maximum Gasteiger partial charge on any atom is 0.257 e. The molecule has 7 heteroatoms. The molecule has 2 N–H and O–H groups in total. The van der Waals surface area contributed by atoms with Crippen LogP contribution in [0.4, 0.5) is 0 Å². The summed E-state index contributed by atoms with van der Waals surface area (Å²) in [6.45, 7) is 2.05. The highest BCUT2D eigenvalue weighted by Gasteiger charge is 2.37. The fourth-order valence-corrected chi connectivity index (χ4v) is 3.38. The molecule has 1 heterocycles. The van der Waals surface area contributed by atoms with E-state index in [4.69, 9.17) is 14.7 Å². The molecule has 0 bridgehead atoms. The minimum absolute atomic E-state index is 0.135. The SMILES string of the molecule is COc1ccc(C2(C#N)CCN(CC(=O)NO)CC2)cc1OCC1CC1. The number of hydrogen-bond acceptors (Lipinski definition) is 6. The Balaban J connectivity index is 1.74. The zero-order chi connectivity index (χ0) is 18.6. The fourth-order valence-electron chi connectivity index (χ4n) is 3.38. The molecule has 1 aliphatic carbocycles. The number of nitrogens with one attached hydrogen (secondary N) is 1. The third-order valence-corrected chi connectivity index (χ3v) is 5.30. The van der Waals surface area contributed by atoms with Gasteiger partial charge in [0.2, 0.25) is 0 Å². The number of likely N-dealkylation sites (tertiary alicyclic amines) is 1. The first-order chi connectivity index (χ1) is 12.6. The molecule has 3 rings (SSSR count). The second kappa shape index (κ2) is 7.94. The van der Waals surface area contributed by atoms with E-state index < -0.39 is 11.3 Å². The number of carbonyl (C=O) groups is 1. The molecule has 1 aromatic rings. The average molecular weight is 359 g/mol. The summed E-state index contributed by atoms with van der Waals surface area (Å²) in [5, 5.41) is 18.6. The predicted octanol–water partition coefficient (Wildman–Crippen LogP) is 1.85. The molecule has 0 unspecified atom stereocenters. The third-order valence-electron chi connectivity index (χ3n) is 5.30. The van der Waals surface area contributed by atoms with E-state index in [0.29, 0.717) is 50.0 Å². The lowest BCUT2D eigenvalue weighted by atomic mass is 9.74. The van der Waals surface area contributed by atoms with Crippen LogP contribution in [0.1, 0.15) is 31.2 Å². The van der Waals surface area contributed by atoms with Gasteiger partial charge in [-0.05, 0) is 49.3 Å². The van der Waals surface area contributed by atoms with E-state index >= 15 is 0 Å². The molecule has 1 aromatic carbocycles. The molecule has 1 amide bonds. The number of ether oxygens (including phenoxy) is 2. The Morgan fingerprint density at radius 2 is 2.12 bits per heavy atom. The number of nitrogens with zero attached hydrogens (tertiary/aromatic N) is 2. The number of hydroxylamine groups is 1. The molecule has 2 fully saturated rings. The Labute approximate surface area is 153 Å². The van der Waals surface area contributed by atoms with Crippen LogP contribution in [-0.2, 0) is 10.2 Å². The number of amides is 1. The van der Waals surface area contributed by atoms with Crippen LogP contribution >= 0.6 is 0 Å². The van der Waals surface area contributed by atoms with E-state index in [9.17, 15) is 10.1 Å². The first-order valence-electron chi connectivity index (χ1n) is 8.98. The van der Waals surface area contributed by atoms with Gasteiger partial charge in [-0.15, -0.1) is 0 Å². The fraction of sp³-hybridized carbons (Fsp3) is 0.579. The van der Waals surface area contributed by atoms with Gasteiger partial charge in [0.15, 0.2) is 11.5 Å². The Kier molecular flexibility index (Phi) is 5.64. The molecule has 140 valence electrons. The zero-order valence-corrected chi connectivity index (χ0v) is 15.0. The van der Waals surface area contributed by atoms with Gasteiger partial charge < -0.3 is 9.47 Å². The zero-order valence-electron chi connectivity index (χ0n) is 15.0. The van der Waals surface area contributed by atoms with Crippen molar-refractivity contribution in [1.29, 1.82) is 5.26 Å². The summed E-state index contributed by atoms with van der Waals surface area (Å²) < 4.78 is 11.3. The van der Waals surface area contributed by atoms with Gasteiger partial charge >= 0.3 is 0 Å². The van der Waals surface area contributed by atoms with Crippen molar-refractivity contribution in [2.45, 2.75) is 31.1 Å². The number of benzene rings is 1. The van der Waals surface area contributed by atoms with E-state index in [1.807, 2.05) is 23.1 Å². The van der Waals surface area contributed by atoms with Gasteiger partial charge in [-0.3, -0.25) is 14.9 Å². The van der Waals surface area contributed by atoms with Gasteiger partial charge in [0, 0.05) is 13.1 Å². The third kappa shape index (κ3) is 4.09. The highest BCUT2D eigenvalue weighted by atomic mass is 16.5. The summed E-state index contributed by atoms with van der Waals surface area (Å²) in [4.78, 5) is 13.3. The van der Waals surface area contributed by atoms with E-state index in [2.05, 4.69) is 6.07 Å². The lowest BCUT2D eigenvalue weighted by molar-refractivity contribution is -0.130. The van der Waals surface area contributed by atoms with Gasteiger partial charge in [-0.25, -0.2) is 5.48 Å². The first kappa shape index (κ1) is 18.5. The Morgan fingerprint density at radius 3 is 2.69 bits per heavy atom. The molecule has 2 aliphatic rings. The molecule has 0 spiro atoms. The molecule has 1 saturated carbocycles. The largest absolute Gasteiger partial charge is 0.493 e. The monoisotopic (exact) mass is 359 g/mol. The molecule has 0 radical (unpaired) electrons. The van der Waals surface area contributed by atoms with E-state index in [-0.39, 0.29) is 6.54 Å². The van der Waals surface area contributed by atoms with Crippen molar-refractivity contribution in [2.75, 3.05) is 33.4 Å². The van der Waals surface area contributed by atoms with Crippen LogP contribution in [0.2, 0.25) is 0 Å². The normalized spacial score (nSPS) is 19.4. The minimum atomic E-state index is -0.601. The first-order valence-corrected chi connectivity index (χ1v) is 8.98. The van der Waals surface area contributed by atoms with E-state index in [1.54, 1.807) is 12.6 Å². The number of methoxy groups -OCH3 is 1. The van der Waals surface area contributed by atoms with Crippen molar-refractivity contribution in [3.63, 3.8) is 0 Å². The summed E-state index contributed by atoms with van der Waals surface area (Å²) in [6.07, 6.45) is 3.66. The van der Waals surface area contributed by atoms with Crippen LogP contribution in [-0.4, -0.2) is 49.4 Å². The highest BCUT2D eigenvalue weighted by Crippen LogP contribution is 2.40. The molecule has 7 nitrogen and oxygen atoms in total. The van der Waals surface area contributed by atoms with E-state index in [0.717, 1.165) is 5.56 Å². The average Bonchev–Trinajstić information content (AvgIpc) is 3.51. The number of nitriles is 1. The lowest BCUT2D eigenvalue weighted by Crippen LogP contribution is -2.45. The predicted molar refractivity (Wildman–Crippen MR) is 94.1 cm³/mol. The number of carbonyl (C=O) groups excluding carboxylic acids is 1.